The molecule has 0 atom stereocenters. The Bertz CT molecular complexity index is 669. The van der Waals surface area contributed by atoms with Crippen LogP contribution < -0.4 is 5.32 Å². The Morgan fingerprint density at radius 1 is 1.12 bits per heavy atom. The molecule has 0 bridgehead atoms. The molecule has 1 aromatic rings. The Labute approximate surface area is 158 Å². The van der Waals surface area contributed by atoms with Gasteiger partial charge in [-0.3, -0.25) is 9.69 Å². The molecule has 1 amide bonds. The summed E-state index contributed by atoms with van der Waals surface area (Å²) in [5.41, 5.74) is 0.746. The van der Waals surface area contributed by atoms with Gasteiger partial charge in [-0.2, -0.15) is 17.0 Å². The van der Waals surface area contributed by atoms with Crippen LogP contribution in [-0.4, -0.2) is 73.6 Å². The molecule has 2 rings (SSSR count). The monoisotopic (exact) mass is 432 g/mol. The molecule has 1 aromatic carbocycles. The van der Waals surface area contributed by atoms with Crippen LogP contribution in [0.25, 0.3) is 0 Å². The van der Waals surface area contributed by atoms with Gasteiger partial charge >= 0.3 is 0 Å². The van der Waals surface area contributed by atoms with E-state index >= 15 is 0 Å². The van der Waals surface area contributed by atoms with E-state index in [2.05, 4.69) is 21.2 Å². The first-order chi connectivity index (χ1) is 11.9. The standard InChI is InChI=1S/C16H25BrN4O3S/c1-3-20(4-2)25(23,24)21-11-9-19(10-12-21)13-16(22)18-15-7-5-14(17)6-8-15/h5-8H,3-4,9-13H2,1-2H3,(H,18,22). The summed E-state index contributed by atoms with van der Waals surface area (Å²) in [5.74, 6) is -0.0950. The molecule has 1 aliphatic rings. The molecular formula is C16H25BrN4O3S. The molecule has 0 aliphatic carbocycles. The van der Waals surface area contributed by atoms with Crippen LogP contribution >= 0.6 is 15.9 Å². The van der Waals surface area contributed by atoms with Gasteiger partial charge in [0.15, 0.2) is 0 Å². The van der Waals surface area contributed by atoms with Crippen LogP contribution in [0.1, 0.15) is 13.8 Å². The summed E-state index contributed by atoms with van der Waals surface area (Å²) < 4.78 is 28.9. The van der Waals surface area contributed by atoms with Crippen LogP contribution in [-0.2, 0) is 15.0 Å². The molecular weight excluding hydrogens is 408 g/mol. The quantitative estimate of drug-likeness (QED) is 0.709. The summed E-state index contributed by atoms with van der Waals surface area (Å²) in [6.07, 6.45) is 0. The number of anilines is 1. The predicted octanol–water partition coefficient (Wildman–Crippen LogP) is 1.59. The van der Waals surface area contributed by atoms with Gasteiger partial charge in [-0.15, -0.1) is 0 Å². The average molecular weight is 433 g/mol. The lowest BCUT2D eigenvalue weighted by molar-refractivity contribution is -0.117. The lowest BCUT2D eigenvalue weighted by Gasteiger charge is -2.35. The van der Waals surface area contributed by atoms with Crippen LogP contribution in [0.2, 0.25) is 0 Å². The molecule has 1 saturated heterocycles. The van der Waals surface area contributed by atoms with Gasteiger partial charge in [0.05, 0.1) is 6.54 Å². The summed E-state index contributed by atoms with van der Waals surface area (Å²) in [4.78, 5) is 14.1. The van der Waals surface area contributed by atoms with Crippen molar-refractivity contribution in [3.05, 3.63) is 28.7 Å². The zero-order valence-electron chi connectivity index (χ0n) is 14.6. The Morgan fingerprint density at radius 2 is 1.68 bits per heavy atom. The van der Waals surface area contributed by atoms with E-state index in [0.29, 0.717) is 39.3 Å². The Balaban J connectivity index is 1.83. The summed E-state index contributed by atoms with van der Waals surface area (Å²) in [6, 6.07) is 7.39. The minimum absolute atomic E-state index is 0.0950. The minimum Gasteiger partial charge on any atom is -0.325 e. The third-order valence-corrected chi connectivity index (χ3v) is 6.90. The van der Waals surface area contributed by atoms with Crippen molar-refractivity contribution in [1.82, 2.24) is 13.5 Å². The van der Waals surface area contributed by atoms with Gasteiger partial charge < -0.3 is 5.32 Å². The van der Waals surface area contributed by atoms with Crippen LogP contribution in [0.5, 0.6) is 0 Å². The molecule has 7 nitrogen and oxygen atoms in total. The van der Waals surface area contributed by atoms with E-state index < -0.39 is 10.2 Å². The number of amides is 1. The third-order valence-electron chi connectivity index (χ3n) is 4.18. The summed E-state index contributed by atoms with van der Waals surface area (Å²) in [6.45, 7) is 6.78. The summed E-state index contributed by atoms with van der Waals surface area (Å²) in [7, 11) is -3.39. The topological polar surface area (TPSA) is 73.0 Å². The highest BCUT2D eigenvalue weighted by Crippen LogP contribution is 2.15. The van der Waals surface area contributed by atoms with E-state index in [-0.39, 0.29) is 12.5 Å². The Morgan fingerprint density at radius 3 is 2.20 bits per heavy atom. The second-order valence-electron chi connectivity index (χ2n) is 5.82. The van der Waals surface area contributed by atoms with Gasteiger partial charge in [-0.05, 0) is 24.3 Å². The molecule has 0 saturated carbocycles. The minimum atomic E-state index is -3.39. The summed E-state index contributed by atoms with van der Waals surface area (Å²) >= 11 is 3.36. The van der Waals surface area contributed by atoms with Crippen molar-refractivity contribution in [2.75, 3.05) is 51.1 Å². The normalized spacial score (nSPS) is 17.0. The molecule has 9 heteroatoms. The second kappa shape index (κ2) is 9.09. The SMILES string of the molecule is CCN(CC)S(=O)(=O)N1CCN(CC(=O)Nc2ccc(Br)cc2)CC1. The van der Waals surface area contributed by atoms with Crippen molar-refractivity contribution in [2.24, 2.45) is 0 Å². The fourth-order valence-corrected chi connectivity index (χ4v) is 4.64. The van der Waals surface area contributed by atoms with Crippen LogP contribution in [0.4, 0.5) is 5.69 Å². The Hall–Kier alpha value is -1.000. The number of halogens is 1. The van der Waals surface area contributed by atoms with Gasteiger partial charge in [-0.25, -0.2) is 0 Å². The lowest BCUT2D eigenvalue weighted by atomic mass is 10.3. The highest BCUT2D eigenvalue weighted by Gasteiger charge is 2.31. The fraction of sp³-hybridized carbons (Fsp3) is 0.562. The molecule has 1 aliphatic heterocycles. The van der Waals surface area contributed by atoms with E-state index in [1.165, 1.54) is 8.61 Å². The number of hydrogen-bond donors (Lipinski definition) is 1. The maximum atomic E-state index is 12.5. The van der Waals surface area contributed by atoms with Crippen molar-refractivity contribution in [1.29, 1.82) is 0 Å². The van der Waals surface area contributed by atoms with Crippen LogP contribution in [0.3, 0.4) is 0 Å². The fourth-order valence-electron chi connectivity index (χ4n) is 2.77. The van der Waals surface area contributed by atoms with Gasteiger partial charge in [0.2, 0.25) is 5.91 Å². The second-order valence-corrected chi connectivity index (χ2v) is 8.67. The number of nitrogens with one attached hydrogen (secondary N) is 1. The maximum Gasteiger partial charge on any atom is 0.282 e. The molecule has 25 heavy (non-hydrogen) atoms. The number of carbonyl (C=O) groups is 1. The first-order valence-corrected chi connectivity index (χ1v) is 10.6. The van der Waals surface area contributed by atoms with Gasteiger partial charge in [-0.1, -0.05) is 29.8 Å². The van der Waals surface area contributed by atoms with Gasteiger partial charge in [0, 0.05) is 49.4 Å². The van der Waals surface area contributed by atoms with E-state index in [0.717, 1.165) is 10.2 Å². The number of rotatable bonds is 7. The average Bonchev–Trinajstić information content (AvgIpc) is 2.58. The molecule has 0 radical (unpaired) electrons. The zero-order valence-corrected chi connectivity index (χ0v) is 17.0. The van der Waals surface area contributed by atoms with E-state index in [1.54, 1.807) is 0 Å². The number of hydrogen-bond acceptors (Lipinski definition) is 4. The highest BCUT2D eigenvalue weighted by atomic mass is 79.9. The van der Waals surface area contributed by atoms with Gasteiger partial charge in [0.25, 0.3) is 10.2 Å². The number of benzene rings is 1. The number of piperazine rings is 1. The van der Waals surface area contributed by atoms with E-state index in [1.807, 2.05) is 43.0 Å². The first-order valence-electron chi connectivity index (χ1n) is 8.39. The van der Waals surface area contributed by atoms with Crippen molar-refractivity contribution in [3.63, 3.8) is 0 Å². The number of nitrogens with zero attached hydrogens (tertiary/aromatic N) is 3. The van der Waals surface area contributed by atoms with Crippen LogP contribution in [0.15, 0.2) is 28.7 Å². The maximum absolute atomic E-state index is 12.5. The lowest BCUT2D eigenvalue weighted by Crippen LogP contribution is -2.54. The molecule has 1 heterocycles. The van der Waals surface area contributed by atoms with E-state index in [4.69, 9.17) is 0 Å². The molecule has 0 aromatic heterocycles. The van der Waals surface area contributed by atoms with Crippen LogP contribution in [0, 0.1) is 0 Å². The molecule has 1 N–H and O–H groups in total. The smallest absolute Gasteiger partial charge is 0.282 e. The first kappa shape index (κ1) is 20.3. The van der Waals surface area contributed by atoms with Gasteiger partial charge in [0.1, 0.15) is 0 Å². The Kier molecular flexibility index (Phi) is 7.38. The van der Waals surface area contributed by atoms with Crippen molar-refractivity contribution < 1.29 is 13.2 Å². The third kappa shape index (κ3) is 5.49. The largest absolute Gasteiger partial charge is 0.325 e. The van der Waals surface area contributed by atoms with Crippen molar-refractivity contribution >= 4 is 37.7 Å². The van der Waals surface area contributed by atoms with Crippen molar-refractivity contribution in [2.45, 2.75) is 13.8 Å². The molecule has 0 unspecified atom stereocenters. The molecule has 1 fully saturated rings. The zero-order chi connectivity index (χ0) is 18.4. The van der Waals surface area contributed by atoms with Crippen molar-refractivity contribution in [3.8, 4) is 0 Å². The van der Waals surface area contributed by atoms with E-state index in [9.17, 15) is 13.2 Å². The predicted molar refractivity (Wildman–Crippen MR) is 103 cm³/mol. The molecule has 0 spiro atoms. The number of carbonyl (C=O) groups excluding carboxylic acids is 1. The molecule has 140 valence electrons. The summed E-state index contributed by atoms with van der Waals surface area (Å²) in [5, 5.41) is 2.85. The highest BCUT2D eigenvalue weighted by molar-refractivity contribution is 9.10.